The monoisotopic (exact) mass is 529 g/mol. The van der Waals surface area contributed by atoms with E-state index in [1.54, 1.807) is 6.20 Å². The van der Waals surface area contributed by atoms with Crippen molar-refractivity contribution in [2.45, 2.75) is 51.0 Å². The molecular weight excluding hydrogens is 490 g/mol. The molecule has 206 valence electrons. The Balaban J connectivity index is 1.09. The van der Waals surface area contributed by atoms with Gasteiger partial charge in [-0.05, 0) is 81.0 Å². The quantitative estimate of drug-likeness (QED) is 0.444. The van der Waals surface area contributed by atoms with Gasteiger partial charge < -0.3 is 30.1 Å². The maximum atomic E-state index is 12.8. The lowest BCUT2D eigenvalue weighted by atomic mass is 9.78. The number of rotatable bonds is 6. The highest BCUT2D eigenvalue weighted by Gasteiger charge is 2.42. The van der Waals surface area contributed by atoms with E-state index >= 15 is 0 Å². The molecule has 7 rings (SSSR count). The number of likely N-dealkylation sites (tertiary alicyclic amines) is 1. The van der Waals surface area contributed by atoms with Gasteiger partial charge >= 0.3 is 0 Å². The normalized spacial score (nSPS) is 22.2. The number of nitrogens with zero attached hydrogens (tertiary/aromatic N) is 5. The SMILES string of the molecule is O=c1[nH]ccc2nc(N3CCC4(CCN(CC5CC5)C4)CC3)cc(Nc3ccc(N4CCC(O)CC4)cn3)c12. The number of aliphatic hydroxyl groups is 1. The Bertz CT molecular complexity index is 1370. The van der Waals surface area contributed by atoms with Crippen molar-refractivity contribution in [2.75, 3.05) is 60.9 Å². The highest BCUT2D eigenvalue weighted by Crippen LogP contribution is 2.43. The minimum atomic E-state index is -0.201. The third-order valence-corrected chi connectivity index (χ3v) is 9.44. The number of anilines is 4. The van der Waals surface area contributed by atoms with E-state index in [-0.39, 0.29) is 11.7 Å². The average Bonchev–Trinajstić information content (AvgIpc) is 3.69. The molecule has 4 aliphatic rings. The van der Waals surface area contributed by atoms with Crippen LogP contribution in [-0.2, 0) is 0 Å². The van der Waals surface area contributed by atoms with Crippen LogP contribution in [0, 0.1) is 11.3 Å². The highest BCUT2D eigenvalue weighted by molar-refractivity contribution is 5.93. The summed E-state index contributed by atoms with van der Waals surface area (Å²) in [6, 6.07) is 7.91. The Morgan fingerprint density at radius 2 is 1.79 bits per heavy atom. The van der Waals surface area contributed by atoms with Gasteiger partial charge in [0.05, 0.1) is 34.6 Å². The lowest BCUT2D eigenvalue weighted by molar-refractivity contribution is 0.145. The summed E-state index contributed by atoms with van der Waals surface area (Å²) >= 11 is 0. The third-order valence-electron chi connectivity index (χ3n) is 9.44. The van der Waals surface area contributed by atoms with Crippen LogP contribution < -0.4 is 20.7 Å². The van der Waals surface area contributed by atoms with Crippen molar-refractivity contribution in [3.05, 3.63) is 47.0 Å². The van der Waals surface area contributed by atoms with Crippen LogP contribution in [-0.4, -0.2) is 76.9 Å². The Labute approximate surface area is 229 Å². The Hall–Kier alpha value is -3.17. The summed E-state index contributed by atoms with van der Waals surface area (Å²) < 4.78 is 0. The Morgan fingerprint density at radius 3 is 2.54 bits per heavy atom. The number of H-pyrrole nitrogens is 1. The lowest BCUT2D eigenvalue weighted by Crippen LogP contribution is -2.42. The first-order chi connectivity index (χ1) is 19.0. The fourth-order valence-corrected chi connectivity index (χ4v) is 6.82. The fraction of sp³-hybridized carbons (Fsp3) is 0.567. The number of aromatic nitrogens is 3. The molecule has 3 aromatic rings. The first kappa shape index (κ1) is 24.8. The van der Waals surface area contributed by atoms with Crippen molar-refractivity contribution in [3.8, 4) is 0 Å². The van der Waals surface area contributed by atoms with Crippen LogP contribution in [0.25, 0.3) is 10.9 Å². The van der Waals surface area contributed by atoms with E-state index in [2.05, 4.69) is 36.1 Å². The van der Waals surface area contributed by atoms with Gasteiger partial charge in [0.15, 0.2) is 0 Å². The zero-order valence-electron chi connectivity index (χ0n) is 22.6. The van der Waals surface area contributed by atoms with Gasteiger partial charge in [-0.3, -0.25) is 4.79 Å². The van der Waals surface area contributed by atoms with Crippen molar-refractivity contribution in [3.63, 3.8) is 0 Å². The molecule has 3 aliphatic heterocycles. The van der Waals surface area contributed by atoms with Crippen molar-refractivity contribution >= 4 is 33.9 Å². The average molecular weight is 530 g/mol. The molecular formula is C30H39N7O2. The predicted molar refractivity (Wildman–Crippen MR) is 155 cm³/mol. The molecule has 1 saturated carbocycles. The summed E-state index contributed by atoms with van der Waals surface area (Å²) in [5.41, 5.74) is 2.78. The molecule has 0 bridgehead atoms. The second-order valence-corrected chi connectivity index (χ2v) is 12.3. The van der Waals surface area contributed by atoms with Gasteiger partial charge in [-0.2, -0.15) is 0 Å². The summed E-state index contributed by atoms with van der Waals surface area (Å²) in [7, 11) is 0. The second-order valence-electron chi connectivity index (χ2n) is 12.3. The maximum absolute atomic E-state index is 12.8. The summed E-state index contributed by atoms with van der Waals surface area (Å²) in [6.07, 6.45) is 11.5. The maximum Gasteiger partial charge on any atom is 0.259 e. The van der Waals surface area contributed by atoms with E-state index in [1.165, 1.54) is 51.7 Å². The molecule has 0 amide bonds. The van der Waals surface area contributed by atoms with Crippen molar-refractivity contribution in [2.24, 2.45) is 11.3 Å². The molecule has 0 unspecified atom stereocenters. The molecule has 3 N–H and O–H groups in total. The van der Waals surface area contributed by atoms with Crippen molar-refractivity contribution < 1.29 is 5.11 Å². The van der Waals surface area contributed by atoms with Gasteiger partial charge in [0.2, 0.25) is 0 Å². The summed E-state index contributed by atoms with van der Waals surface area (Å²) in [5.74, 6) is 2.57. The molecule has 4 fully saturated rings. The highest BCUT2D eigenvalue weighted by atomic mass is 16.3. The molecule has 9 nitrogen and oxygen atoms in total. The van der Waals surface area contributed by atoms with Crippen LogP contribution in [0.4, 0.5) is 23.0 Å². The number of pyridine rings is 3. The van der Waals surface area contributed by atoms with Gasteiger partial charge in [-0.25, -0.2) is 9.97 Å². The molecule has 1 aliphatic carbocycles. The van der Waals surface area contributed by atoms with Crippen molar-refractivity contribution in [1.29, 1.82) is 0 Å². The number of hydrogen-bond acceptors (Lipinski definition) is 8. The predicted octanol–water partition coefficient (Wildman–Crippen LogP) is 3.73. The summed E-state index contributed by atoms with van der Waals surface area (Å²) in [4.78, 5) is 32.6. The van der Waals surface area contributed by atoms with Crippen LogP contribution in [0.3, 0.4) is 0 Å². The van der Waals surface area contributed by atoms with Crippen LogP contribution in [0.5, 0.6) is 0 Å². The topological polar surface area (TPSA) is 101 Å². The number of piperidine rings is 2. The van der Waals surface area contributed by atoms with Gasteiger partial charge in [-0.15, -0.1) is 0 Å². The number of nitrogens with one attached hydrogen (secondary N) is 2. The first-order valence-corrected chi connectivity index (χ1v) is 14.7. The van der Waals surface area contributed by atoms with Crippen LogP contribution in [0.1, 0.15) is 44.9 Å². The van der Waals surface area contributed by atoms with Gasteiger partial charge in [-0.1, -0.05) is 0 Å². The zero-order chi connectivity index (χ0) is 26.4. The third kappa shape index (κ3) is 5.22. The van der Waals surface area contributed by atoms with E-state index in [9.17, 15) is 9.90 Å². The van der Waals surface area contributed by atoms with Crippen LogP contribution >= 0.6 is 0 Å². The number of aliphatic hydroxyl groups excluding tert-OH is 1. The lowest BCUT2D eigenvalue weighted by Gasteiger charge is -2.40. The van der Waals surface area contributed by atoms with Crippen LogP contribution in [0.2, 0.25) is 0 Å². The Kier molecular flexibility index (Phi) is 6.43. The molecule has 0 aromatic carbocycles. The van der Waals surface area contributed by atoms with Crippen molar-refractivity contribution in [1.82, 2.24) is 19.9 Å². The minimum Gasteiger partial charge on any atom is -0.393 e. The standard InChI is InChI=1S/C30H39N7O2/c38-23-6-12-36(13-7-23)22-3-4-26(32-18-22)33-25-17-27(34-24-5-11-31-29(39)28(24)25)37-15-9-30(10-16-37)8-14-35(20-30)19-21-1-2-21/h3-5,11,17-18,21,23,38H,1-2,6-10,12-16,19-20H2,(H,31,39)(H,32,33,34). The molecule has 39 heavy (non-hydrogen) atoms. The summed E-state index contributed by atoms with van der Waals surface area (Å²) in [5, 5.41) is 13.8. The number of aromatic amines is 1. The number of fused-ring (bicyclic) bond motifs is 1. The van der Waals surface area contributed by atoms with E-state index in [1.807, 2.05) is 24.4 Å². The van der Waals surface area contributed by atoms with Gasteiger partial charge in [0.1, 0.15) is 11.6 Å². The summed E-state index contributed by atoms with van der Waals surface area (Å²) in [6.45, 7) is 7.47. The molecule has 1 spiro atoms. The Morgan fingerprint density at radius 1 is 1.00 bits per heavy atom. The van der Waals surface area contributed by atoms with E-state index in [4.69, 9.17) is 4.98 Å². The van der Waals surface area contributed by atoms with E-state index in [0.717, 1.165) is 62.1 Å². The molecule has 6 heterocycles. The second kappa shape index (κ2) is 10.1. The molecule has 0 atom stereocenters. The van der Waals surface area contributed by atoms with E-state index in [0.29, 0.717) is 22.1 Å². The van der Waals surface area contributed by atoms with Crippen LogP contribution in [0.15, 0.2) is 41.5 Å². The molecule has 3 aromatic heterocycles. The largest absolute Gasteiger partial charge is 0.393 e. The van der Waals surface area contributed by atoms with Gasteiger partial charge in [0.25, 0.3) is 5.56 Å². The first-order valence-electron chi connectivity index (χ1n) is 14.7. The smallest absolute Gasteiger partial charge is 0.259 e. The molecule has 3 saturated heterocycles. The zero-order valence-corrected chi connectivity index (χ0v) is 22.6. The number of hydrogen-bond donors (Lipinski definition) is 3. The molecule has 0 radical (unpaired) electrons. The molecule has 9 heteroatoms. The van der Waals surface area contributed by atoms with E-state index < -0.39 is 0 Å². The van der Waals surface area contributed by atoms with Gasteiger partial charge in [0, 0.05) is 51.5 Å². The minimum absolute atomic E-state index is 0.156. The fourth-order valence-electron chi connectivity index (χ4n) is 6.82.